The summed E-state index contributed by atoms with van der Waals surface area (Å²) in [6.45, 7) is 0. The molecule has 0 saturated carbocycles. The molecular formula is C7H10N2O2S. The molecule has 4 nitrogen and oxygen atoms in total. The lowest BCUT2D eigenvalue weighted by Crippen LogP contribution is -1.98. The van der Waals surface area contributed by atoms with Gasteiger partial charge in [-0.25, -0.2) is 14.0 Å². The Kier molecular flexibility index (Phi) is 2.32. The molecule has 66 valence electrons. The number of nitrogens with zero attached hydrogens (tertiary/aromatic N) is 1. The van der Waals surface area contributed by atoms with Crippen LogP contribution in [-0.4, -0.2) is 22.6 Å². The maximum Gasteiger partial charge on any atom is 0.138 e. The molecule has 0 aromatic carbocycles. The molecule has 0 saturated heterocycles. The lowest BCUT2D eigenvalue weighted by molar-refractivity contribution is 0.412. The van der Waals surface area contributed by atoms with Gasteiger partial charge in [-0.1, -0.05) is 0 Å². The quantitative estimate of drug-likeness (QED) is 0.753. The van der Waals surface area contributed by atoms with Gasteiger partial charge >= 0.3 is 0 Å². The van der Waals surface area contributed by atoms with Crippen molar-refractivity contribution in [2.75, 3.05) is 13.4 Å². The van der Waals surface area contributed by atoms with E-state index in [0.29, 0.717) is 5.75 Å². The third-order valence-corrected chi connectivity index (χ3v) is 2.36. The number of aromatic nitrogens is 1. The van der Waals surface area contributed by atoms with Gasteiger partial charge in [0.05, 0.1) is 16.8 Å². The number of hydrogen-bond acceptors (Lipinski definition) is 4. The van der Waals surface area contributed by atoms with E-state index in [-0.39, 0.29) is 5.03 Å². The van der Waals surface area contributed by atoms with Crippen LogP contribution >= 0.6 is 0 Å². The first-order chi connectivity index (χ1) is 5.54. The lowest BCUT2D eigenvalue weighted by Gasteiger charge is -2.02. The second-order valence-corrected chi connectivity index (χ2v) is 4.48. The van der Waals surface area contributed by atoms with Crippen molar-refractivity contribution in [2.45, 2.75) is 5.03 Å². The van der Waals surface area contributed by atoms with E-state index in [1.165, 1.54) is 25.6 Å². The van der Waals surface area contributed by atoms with Crippen LogP contribution in [0.5, 0.6) is 5.75 Å². The van der Waals surface area contributed by atoms with Gasteiger partial charge in [0.2, 0.25) is 0 Å². The molecule has 0 aliphatic carbocycles. The van der Waals surface area contributed by atoms with E-state index in [0.717, 1.165) is 0 Å². The average Bonchev–Trinajstić information content (AvgIpc) is 2.03. The highest BCUT2D eigenvalue weighted by Crippen LogP contribution is 2.13. The highest BCUT2D eigenvalue weighted by molar-refractivity contribution is 7.91. The van der Waals surface area contributed by atoms with Crippen molar-refractivity contribution in [3.63, 3.8) is 0 Å². The summed E-state index contributed by atoms with van der Waals surface area (Å²) >= 11 is 0. The fourth-order valence-electron chi connectivity index (χ4n) is 0.731. The highest BCUT2D eigenvalue weighted by Gasteiger charge is 2.04. The first-order valence-corrected chi connectivity index (χ1v) is 5.24. The first kappa shape index (κ1) is 8.99. The summed E-state index contributed by atoms with van der Waals surface area (Å²) in [5.74, 6) is 0.571. The van der Waals surface area contributed by atoms with Crippen molar-refractivity contribution in [2.24, 2.45) is 0 Å². The Morgan fingerprint density at radius 3 is 2.83 bits per heavy atom. The van der Waals surface area contributed by atoms with Gasteiger partial charge in [0.1, 0.15) is 10.8 Å². The Morgan fingerprint density at radius 1 is 1.67 bits per heavy atom. The highest BCUT2D eigenvalue weighted by atomic mass is 32.2. The standard InChI is InChI=1S/C7H10N2O2S/c1-11-6-3-4-9-7(5-6)12(2,8)10/h3-5,8H,1-2H3. The molecule has 1 aromatic heterocycles. The van der Waals surface area contributed by atoms with Gasteiger partial charge in [0.25, 0.3) is 0 Å². The van der Waals surface area contributed by atoms with Crippen LogP contribution in [0, 0.1) is 4.78 Å². The molecule has 12 heavy (non-hydrogen) atoms. The second kappa shape index (κ2) is 3.10. The largest absolute Gasteiger partial charge is 0.497 e. The molecule has 1 unspecified atom stereocenters. The van der Waals surface area contributed by atoms with Gasteiger partial charge < -0.3 is 4.74 Å². The van der Waals surface area contributed by atoms with Crippen LogP contribution in [0.25, 0.3) is 0 Å². The summed E-state index contributed by atoms with van der Waals surface area (Å²) in [4.78, 5) is 3.82. The number of hydrogen-bond donors (Lipinski definition) is 1. The zero-order chi connectivity index (χ0) is 9.19. The zero-order valence-corrected chi connectivity index (χ0v) is 7.72. The molecule has 0 fully saturated rings. The van der Waals surface area contributed by atoms with Crippen LogP contribution in [0.1, 0.15) is 0 Å². The van der Waals surface area contributed by atoms with Crippen LogP contribution in [-0.2, 0) is 9.73 Å². The Balaban J connectivity index is 3.20. The predicted molar refractivity (Wildman–Crippen MR) is 45.8 cm³/mol. The molecule has 0 aliphatic rings. The van der Waals surface area contributed by atoms with Gasteiger partial charge in [-0.15, -0.1) is 0 Å². The Morgan fingerprint density at radius 2 is 2.33 bits per heavy atom. The molecule has 1 rings (SSSR count). The molecule has 0 bridgehead atoms. The number of pyridine rings is 1. The summed E-state index contributed by atoms with van der Waals surface area (Å²) in [7, 11) is -1.21. The summed E-state index contributed by atoms with van der Waals surface area (Å²) in [5, 5.41) is 0.252. The van der Waals surface area contributed by atoms with Crippen LogP contribution in [0.4, 0.5) is 0 Å². The molecule has 0 amide bonds. The van der Waals surface area contributed by atoms with Crippen molar-refractivity contribution >= 4 is 9.73 Å². The summed E-state index contributed by atoms with van der Waals surface area (Å²) < 4.78 is 23.4. The van der Waals surface area contributed by atoms with E-state index in [9.17, 15) is 4.21 Å². The summed E-state index contributed by atoms with van der Waals surface area (Å²) in [5.41, 5.74) is 0. The molecule has 0 radical (unpaired) electrons. The molecule has 1 N–H and O–H groups in total. The van der Waals surface area contributed by atoms with Crippen molar-refractivity contribution in [1.82, 2.24) is 4.98 Å². The zero-order valence-electron chi connectivity index (χ0n) is 6.90. The monoisotopic (exact) mass is 186 g/mol. The van der Waals surface area contributed by atoms with Crippen LogP contribution in [0.2, 0.25) is 0 Å². The fourth-order valence-corrected chi connectivity index (χ4v) is 1.33. The maximum atomic E-state index is 11.2. The third-order valence-electron chi connectivity index (χ3n) is 1.34. The Bertz CT molecular complexity index is 373. The lowest BCUT2D eigenvalue weighted by atomic mass is 10.5. The van der Waals surface area contributed by atoms with Gasteiger partial charge in [-0.2, -0.15) is 0 Å². The van der Waals surface area contributed by atoms with Gasteiger partial charge in [-0.3, -0.25) is 0 Å². The first-order valence-electron chi connectivity index (χ1n) is 3.28. The van der Waals surface area contributed by atoms with E-state index in [4.69, 9.17) is 9.52 Å². The van der Waals surface area contributed by atoms with Crippen molar-refractivity contribution < 1.29 is 8.95 Å². The maximum absolute atomic E-state index is 11.2. The van der Waals surface area contributed by atoms with E-state index < -0.39 is 9.73 Å². The molecule has 1 aromatic rings. The Hall–Kier alpha value is -1.10. The van der Waals surface area contributed by atoms with Crippen LogP contribution < -0.4 is 4.74 Å². The van der Waals surface area contributed by atoms with E-state index >= 15 is 0 Å². The molecule has 1 heterocycles. The van der Waals surface area contributed by atoms with Crippen molar-refractivity contribution in [3.8, 4) is 5.75 Å². The molecule has 1 atom stereocenters. The molecular weight excluding hydrogens is 176 g/mol. The van der Waals surface area contributed by atoms with Gasteiger partial charge in [0.15, 0.2) is 0 Å². The second-order valence-electron chi connectivity index (χ2n) is 2.38. The number of methoxy groups -OCH3 is 1. The van der Waals surface area contributed by atoms with Crippen LogP contribution in [0.15, 0.2) is 23.4 Å². The SMILES string of the molecule is COc1ccnc(S(C)(=N)=O)c1. The Labute approximate surface area is 71.6 Å². The summed E-state index contributed by atoms with van der Waals surface area (Å²) in [6, 6.07) is 3.16. The normalized spacial score (nSPS) is 15.2. The van der Waals surface area contributed by atoms with Crippen molar-refractivity contribution in [1.29, 1.82) is 4.78 Å². The third kappa shape index (κ3) is 1.94. The number of nitrogens with one attached hydrogen (secondary N) is 1. The molecule has 0 aliphatic heterocycles. The minimum Gasteiger partial charge on any atom is -0.497 e. The van der Waals surface area contributed by atoms with E-state index in [2.05, 4.69) is 4.98 Å². The van der Waals surface area contributed by atoms with E-state index in [1.54, 1.807) is 6.07 Å². The van der Waals surface area contributed by atoms with Gasteiger partial charge in [-0.05, 0) is 6.07 Å². The van der Waals surface area contributed by atoms with E-state index in [1.807, 2.05) is 0 Å². The average molecular weight is 186 g/mol. The summed E-state index contributed by atoms with van der Waals surface area (Å²) in [6.07, 6.45) is 2.81. The van der Waals surface area contributed by atoms with Crippen LogP contribution in [0.3, 0.4) is 0 Å². The van der Waals surface area contributed by atoms with Crippen molar-refractivity contribution in [3.05, 3.63) is 18.3 Å². The molecule has 0 spiro atoms. The van der Waals surface area contributed by atoms with Gasteiger partial charge in [0, 0.05) is 18.5 Å². The molecule has 5 heteroatoms. The minimum absolute atomic E-state index is 0.252. The predicted octanol–water partition coefficient (Wildman–Crippen LogP) is 1.13. The number of ether oxygens (including phenoxy) is 1. The fraction of sp³-hybridized carbons (Fsp3) is 0.286. The smallest absolute Gasteiger partial charge is 0.138 e. The topological polar surface area (TPSA) is 63.0 Å². The minimum atomic E-state index is -2.73. The number of rotatable bonds is 2.